The van der Waals surface area contributed by atoms with Gasteiger partial charge in [-0.2, -0.15) is 0 Å². The number of anilines is 1. The molecule has 0 spiro atoms. The molecule has 1 heterocycles. The molecular weight excluding hydrogens is 426 g/mol. The Morgan fingerprint density at radius 1 is 1.00 bits per heavy atom. The van der Waals surface area contributed by atoms with Gasteiger partial charge in [0.05, 0.1) is 27.2 Å². The number of thiophene rings is 1. The molecule has 0 saturated heterocycles. The average molecular weight is 454 g/mol. The van der Waals surface area contributed by atoms with Gasteiger partial charge in [0.15, 0.2) is 0 Å². The zero-order valence-electron chi connectivity index (χ0n) is 18.9. The number of carbonyl (C=O) groups excluding carboxylic acids is 2. The first-order chi connectivity index (χ1) is 15.4. The molecule has 0 aliphatic rings. The minimum Gasteiger partial charge on any atom is -0.497 e. The van der Waals surface area contributed by atoms with Crippen LogP contribution in [-0.2, 0) is 16.0 Å². The Labute approximate surface area is 192 Å². The highest BCUT2D eigenvalue weighted by Gasteiger charge is 2.23. The van der Waals surface area contributed by atoms with Crippen LogP contribution in [-0.4, -0.2) is 32.7 Å². The summed E-state index contributed by atoms with van der Waals surface area (Å²) in [7, 11) is 3.12. The monoisotopic (exact) mass is 453 g/mol. The second-order valence-corrected chi connectivity index (χ2v) is 8.16. The van der Waals surface area contributed by atoms with Crippen LogP contribution in [0.1, 0.15) is 34.0 Å². The maximum Gasteiger partial charge on any atom is 0.341 e. The summed E-state index contributed by atoms with van der Waals surface area (Å²) in [5, 5.41) is 5.23. The van der Waals surface area contributed by atoms with Crippen molar-refractivity contribution in [3.8, 4) is 22.6 Å². The standard InChI is InChI=1S/C25H27NO5S/c1-6-31-25(28)23-20(17-8-7-15(2)16(3)11-17)14-32-24(23)26-22(27)12-18-9-10-19(29-4)13-21(18)30-5/h7-11,13-14H,6,12H2,1-5H3,(H,26,27). The number of methoxy groups -OCH3 is 2. The van der Waals surface area contributed by atoms with E-state index in [4.69, 9.17) is 14.2 Å². The van der Waals surface area contributed by atoms with E-state index in [-0.39, 0.29) is 18.9 Å². The second-order valence-electron chi connectivity index (χ2n) is 7.28. The van der Waals surface area contributed by atoms with Gasteiger partial charge >= 0.3 is 5.97 Å². The molecule has 0 aliphatic carbocycles. The summed E-state index contributed by atoms with van der Waals surface area (Å²) in [5.74, 6) is 0.491. The Kier molecular flexibility index (Phi) is 7.53. The predicted octanol–water partition coefficient (Wildman–Crippen LogP) is 5.41. The van der Waals surface area contributed by atoms with Crippen LogP contribution in [0.15, 0.2) is 41.8 Å². The lowest BCUT2D eigenvalue weighted by molar-refractivity contribution is -0.115. The number of carbonyl (C=O) groups is 2. The van der Waals surface area contributed by atoms with Gasteiger partial charge in [-0.3, -0.25) is 4.79 Å². The van der Waals surface area contributed by atoms with E-state index in [0.717, 1.165) is 22.3 Å². The van der Waals surface area contributed by atoms with Crippen LogP contribution in [0.2, 0.25) is 0 Å². The zero-order valence-corrected chi connectivity index (χ0v) is 19.7. The Bertz CT molecular complexity index is 1140. The molecule has 0 fully saturated rings. The summed E-state index contributed by atoms with van der Waals surface area (Å²) in [6.07, 6.45) is 0.0896. The largest absolute Gasteiger partial charge is 0.497 e. The predicted molar refractivity (Wildman–Crippen MR) is 127 cm³/mol. The van der Waals surface area contributed by atoms with E-state index in [1.165, 1.54) is 16.9 Å². The van der Waals surface area contributed by atoms with Crippen LogP contribution in [0.4, 0.5) is 5.00 Å². The van der Waals surface area contributed by atoms with Gasteiger partial charge in [0.2, 0.25) is 5.91 Å². The number of aryl methyl sites for hydroxylation is 2. The lowest BCUT2D eigenvalue weighted by Crippen LogP contribution is -2.17. The molecule has 0 unspecified atom stereocenters. The van der Waals surface area contributed by atoms with Gasteiger partial charge in [0, 0.05) is 22.6 Å². The third-order valence-electron chi connectivity index (χ3n) is 5.19. The topological polar surface area (TPSA) is 73.9 Å². The van der Waals surface area contributed by atoms with Gasteiger partial charge in [0.25, 0.3) is 0 Å². The van der Waals surface area contributed by atoms with Crippen LogP contribution in [0, 0.1) is 13.8 Å². The van der Waals surface area contributed by atoms with Gasteiger partial charge in [-0.15, -0.1) is 11.3 Å². The smallest absolute Gasteiger partial charge is 0.341 e. The first-order valence-electron chi connectivity index (χ1n) is 10.2. The summed E-state index contributed by atoms with van der Waals surface area (Å²) in [6, 6.07) is 11.3. The summed E-state index contributed by atoms with van der Waals surface area (Å²) in [4.78, 5) is 25.6. The molecule has 0 atom stereocenters. The molecular formula is C25H27NO5S. The summed E-state index contributed by atoms with van der Waals surface area (Å²) in [5.41, 5.74) is 5.03. The number of amides is 1. The Balaban J connectivity index is 1.90. The van der Waals surface area contributed by atoms with Crippen molar-refractivity contribution >= 4 is 28.2 Å². The maximum atomic E-state index is 12.8. The van der Waals surface area contributed by atoms with E-state index in [1.807, 2.05) is 37.4 Å². The molecule has 1 amide bonds. The van der Waals surface area contributed by atoms with Crippen LogP contribution in [0.5, 0.6) is 11.5 Å². The molecule has 1 aromatic heterocycles. The molecule has 3 rings (SSSR count). The van der Waals surface area contributed by atoms with Gasteiger partial charge < -0.3 is 19.5 Å². The molecule has 2 aromatic carbocycles. The maximum absolute atomic E-state index is 12.8. The number of esters is 1. The summed E-state index contributed by atoms with van der Waals surface area (Å²) < 4.78 is 15.9. The van der Waals surface area contributed by atoms with Gasteiger partial charge in [0.1, 0.15) is 22.1 Å². The molecule has 1 N–H and O–H groups in total. The van der Waals surface area contributed by atoms with Gasteiger partial charge in [-0.05, 0) is 43.5 Å². The van der Waals surface area contributed by atoms with Crippen molar-refractivity contribution in [3.63, 3.8) is 0 Å². The highest BCUT2D eigenvalue weighted by Crippen LogP contribution is 2.37. The van der Waals surface area contributed by atoms with E-state index in [9.17, 15) is 9.59 Å². The van der Waals surface area contributed by atoms with E-state index >= 15 is 0 Å². The number of benzene rings is 2. The van der Waals surface area contributed by atoms with Crippen molar-refractivity contribution in [2.75, 3.05) is 26.1 Å². The van der Waals surface area contributed by atoms with Crippen molar-refractivity contribution in [1.29, 1.82) is 0 Å². The second kappa shape index (κ2) is 10.3. The number of hydrogen-bond donors (Lipinski definition) is 1. The average Bonchev–Trinajstić information content (AvgIpc) is 3.19. The molecule has 168 valence electrons. The molecule has 3 aromatic rings. The van der Waals surface area contributed by atoms with Crippen molar-refractivity contribution in [2.45, 2.75) is 27.2 Å². The minimum absolute atomic E-state index is 0.0896. The molecule has 0 aliphatic heterocycles. The number of rotatable bonds is 8. The van der Waals surface area contributed by atoms with Crippen LogP contribution in [0.25, 0.3) is 11.1 Å². The Hall–Kier alpha value is -3.32. The first kappa shape index (κ1) is 23.3. The highest BCUT2D eigenvalue weighted by atomic mass is 32.1. The lowest BCUT2D eigenvalue weighted by Gasteiger charge is -2.12. The highest BCUT2D eigenvalue weighted by molar-refractivity contribution is 7.15. The fraction of sp³-hybridized carbons (Fsp3) is 0.280. The van der Waals surface area contributed by atoms with Crippen LogP contribution in [0.3, 0.4) is 0 Å². The zero-order chi connectivity index (χ0) is 23.3. The third kappa shape index (κ3) is 5.11. The van der Waals surface area contributed by atoms with Crippen molar-refractivity contribution in [3.05, 3.63) is 64.0 Å². The van der Waals surface area contributed by atoms with Crippen LogP contribution < -0.4 is 14.8 Å². The number of nitrogens with one attached hydrogen (secondary N) is 1. The molecule has 7 heteroatoms. The molecule has 32 heavy (non-hydrogen) atoms. The van der Waals surface area contributed by atoms with E-state index in [0.29, 0.717) is 22.1 Å². The van der Waals surface area contributed by atoms with Crippen molar-refractivity contribution in [1.82, 2.24) is 0 Å². The van der Waals surface area contributed by atoms with E-state index in [1.54, 1.807) is 39.3 Å². The van der Waals surface area contributed by atoms with Crippen LogP contribution >= 0.6 is 11.3 Å². The summed E-state index contributed by atoms with van der Waals surface area (Å²) >= 11 is 1.31. The quantitative estimate of drug-likeness (QED) is 0.462. The Morgan fingerprint density at radius 3 is 2.44 bits per heavy atom. The van der Waals surface area contributed by atoms with E-state index < -0.39 is 5.97 Å². The fourth-order valence-corrected chi connectivity index (χ4v) is 4.29. The normalized spacial score (nSPS) is 10.5. The SMILES string of the molecule is CCOC(=O)c1c(-c2ccc(C)c(C)c2)csc1NC(=O)Cc1ccc(OC)cc1OC. The van der Waals surface area contributed by atoms with E-state index in [2.05, 4.69) is 5.32 Å². The van der Waals surface area contributed by atoms with Crippen molar-refractivity contribution < 1.29 is 23.8 Å². The molecule has 6 nitrogen and oxygen atoms in total. The minimum atomic E-state index is -0.459. The fourth-order valence-electron chi connectivity index (χ4n) is 3.32. The lowest BCUT2D eigenvalue weighted by atomic mass is 9.99. The number of ether oxygens (including phenoxy) is 3. The molecule has 0 bridgehead atoms. The van der Waals surface area contributed by atoms with Gasteiger partial charge in [-0.1, -0.05) is 24.3 Å². The van der Waals surface area contributed by atoms with Crippen molar-refractivity contribution in [2.24, 2.45) is 0 Å². The number of hydrogen-bond acceptors (Lipinski definition) is 6. The molecule has 0 saturated carbocycles. The third-order valence-corrected chi connectivity index (χ3v) is 6.08. The molecule has 0 radical (unpaired) electrons. The first-order valence-corrected chi connectivity index (χ1v) is 11.1. The Morgan fingerprint density at radius 2 is 1.78 bits per heavy atom. The summed E-state index contributed by atoms with van der Waals surface area (Å²) in [6.45, 7) is 6.07. The van der Waals surface area contributed by atoms with Gasteiger partial charge in [-0.25, -0.2) is 4.79 Å².